The van der Waals surface area contributed by atoms with Gasteiger partial charge in [-0.2, -0.15) is 0 Å². The Bertz CT molecular complexity index is 170. The van der Waals surface area contributed by atoms with Gasteiger partial charge >= 0.3 is 6.09 Å². The van der Waals surface area contributed by atoms with Crippen molar-refractivity contribution in [2.24, 2.45) is 5.73 Å². The number of hydrogen-bond acceptors (Lipinski definition) is 3. The normalized spacial score (nSPS) is 24.5. The highest BCUT2D eigenvalue weighted by atomic mass is 16.6. The average Bonchev–Trinajstić information content (AvgIpc) is 2.03. The standard InChI is InChI=1S/C8H16N2O2/c1-6(2)10-7(5-9)3-4-12-8(10)11/h6-7H,3-5,9H2,1-2H3. The maximum atomic E-state index is 11.3. The lowest BCUT2D eigenvalue weighted by molar-refractivity contribution is 0.0331. The quantitative estimate of drug-likeness (QED) is 0.662. The highest BCUT2D eigenvalue weighted by molar-refractivity contribution is 5.69. The predicted octanol–water partition coefficient (Wildman–Crippen LogP) is 0.564. The molecule has 0 aromatic heterocycles. The predicted molar refractivity (Wildman–Crippen MR) is 45.8 cm³/mol. The molecule has 1 aliphatic heterocycles. The van der Waals surface area contributed by atoms with E-state index >= 15 is 0 Å². The van der Waals surface area contributed by atoms with Crippen LogP contribution in [0.4, 0.5) is 4.79 Å². The summed E-state index contributed by atoms with van der Waals surface area (Å²) in [6, 6.07) is 0.331. The van der Waals surface area contributed by atoms with Crippen LogP contribution in [0, 0.1) is 0 Å². The molecule has 1 fully saturated rings. The number of nitrogens with two attached hydrogens (primary N) is 1. The van der Waals surface area contributed by atoms with Crippen LogP contribution in [0.1, 0.15) is 20.3 Å². The van der Waals surface area contributed by atoms with E-state index in [0.29, 0.717) is 13.2 Å². The molecule has 2 N–H and O–H groups in total. The van der Waals surface area contributed by atoms with Crippen molar-refractivity contribution in [3.8, 4) is 0 Å². The summed E-state index contributed by atoms with van der Waals surface area (Å²) in [4.78, 5) is 13.0. The Balaban J connectivity index is 2.66. The van der Waals surface area contributed by atoms with Crippen molar-refractivity contribution in [2.75, 3.05) is 13.2 Å². The Kier molecular flexibility index (Phi) is 2.92. The molecule has 4 nitrogen and oxygen atoms in total. The number of ether oxygens (including phenoxy) is 1. The number of nitrogens with zero attached hydrogens (tertiary/aromatic N) is 1. The second-order valence-corrected chi connectivity index (χ2v) is 3.29. The third kappa shape index (κ3) is 1.69. The zero-order valence-corrected chi connectivity index (χ0v) is 7.62. The van der Waals surface area contributed by atoms with Crippen molar-refractivity contribution in [2.45, 2.75) is 32.4 Å². The molecule has 1 saturated heterocycles. The molecule has 1 unspecified atom stereocenters. The van der Waals surface area contributed by atoms with Crippen molar-refractivity contribution >= 4 is 6.09 Å². The summed E-state index contributed by atoms with van der Waals surface area (Å²) in [5.74, 6) is 0. The third-order valence-electron chi connectivity index (χ3n) is 2.11. The molecule has 1 amide bonds. The van der Waals surface area contributed by atoms with Crippen molar-refractivity contribution in [3.05, 3.63) is 0 Å². The van der Waals surface area contributed by atoms with Crippen molar-refractivity contribution < 1.29 is 9.53 Å². The molecule has 0 aliphatic carbocycles. The average molecular weight is 172 g/mol. The van der Waals surface area contributed by atoms with Crippen molar-refractivity contribution in [1.29, 1.82) is 0 Å². The van der Waals surface area contributed by atoms with Crippen LogP contribution in [-0.2, 0) is 4.74 Å². The second-order valence-electron chi connectivity index (χ2n) is 3.29. The molecule has 0 spiro atoms. The molecular weight excluding hydrogens is 156 g/mol. The molecule has 12 heavy (non-hydrogen) atoms. The fraction of sp³-hybridized carbons (Fsp3) is 0.875. The first-order valence-corrected chi connectivity index (χ1v) is 4.32. The monoisotopic (exact) mass is 172 g/mol. The number of cyclic esters (lactones) is 1. The van der Waals surface area contributed by atoms with Crippen LogP contribution in [-0.4, -0.2) is 36.2 Å². The largest absolute Gasteiger partial charge is 0.449 e. The zero-order chi connectivity index (χ0) is 9.14. The molecule has 0 radical (unpaired) electrons. The van der Waals surface area contributed by atoms with Gasteiger partial charge in [-0.15, -0.1) is 0 Å². The van der Waals surface area contributed by atoms with Gasteiger partial charge in [-0.1, -0.05) is 0 Å². The summed E-state index contributed by atoms with van der Waals surface area (Å²) in [7, 11) is 0. The van der Waals surface area contributed by atoms with Crippen LogP contribution in [0.15, 0.2) is 0 Å². The summed E-state index contributed by atoms with van der Waals surface area (Å²) >= 11 is 0. The van der Waals surface area contributed by atoms with Crippen LogP contribution in [0.2, 0.25) is 0 Å². The Morgan fingerprint density at radius 1 is 1.75 bits per heavy atom. The van der Waals surface area contributed by atoms with E-state index in [2.05, 4.69) is 0 Å². The molecule has 1 aliphatic rings. The van der Waals surface area contributed by atoms with E-state index in [-0.39, 0.29) is 18.2 Å². The van der Waals surface area contributed by atoms with Gasteiger partial charge in [0.1, 0.15) is 0 Å². The second kappa shape index (κ2) is 3.76. The van der Waals surface area contributed by atoms with Crippen LogP contribution < -0.4 is 5.73 Å². The lowest BCUT2D eigenvalue weighted by Crippen LogP contribution is -2.52. The minimum absolute atomic E-state index is 0.159. The third-order valence-corrected chi connectivity index (χ3v) is 2.11. The van der Waals surface area contributed by atoms with E-state index in [0.717, 1.165) is 6.42 Å². The summed E-state index contributed by atoms with van der Waals surface area (Å²) in [5.41, 5.74) is 5.54. The Hall–Kier alpha value is -0.770. The van der Waals surface area contributed by atoms with E-state index in [4.69, 9.17) is 10.5 Å². The van der Waals surface area contributed by atoms with Gasteiger partial charge in [0, 0.05) is 19.0 Å². The van der Waals surface area contributed by atoms with Crippen molar-refractivity contribution in [1.82, 2.24) is 4.90 Å². The number of amides is 1. The van der Waals surface area contributed by atoms with Gasteiger partial charge < -0.3 is 15.4 Å². The summed E-state index contributed by atoms with van der Waals surface area (Å²) in [5, 5.41) is 0. The first-order valence-electron chi connectivity index (χ1n) is 4.32. The van der Waals surface area contributed by atoms with E-state index in [1.807, 2.05) is 13.8 Å². The highest BCUT2D eigenvalue weighted by Crippen LogP contribution is 2.15. The van der Waals surface area contributed by atoms with Crippen molar-refractivity contribution in [3.63, 3.8) is 0 Å². The Morgan fingerprint density at radius 3 is 2.83 bits per heavy atom. The highest BCUT2D eigenvalue weighted by Gasteiger charge is 2.30. The molecule has 0 bridgehead atoms. The summed E-state index contributed by atoms with van der Waals surface area (Å²) in [6.45, 7) is 4.96. The van der Waals surface area contributed by atoms with Gasteiger partial charge in [-0.25, -0.2) is 4.79 Å². The Labute approximate surface area is 72.7 Å². The Morgan fingerprint density at radius 2 is 2.42 bits per heavy atom. The maximum absolute atomic E-state index is 11.3. The molecule has 0 aromatic carbocycles. The molecule has 0 saturated carbocycles. The van der Waals surface area contributed by atoms with E-state index < -0.39 is 0 Å². The van der Waals surface area contributed by atoms with Gasteiger partial charge in [0.15, 0.2) is 0 Å². The van der Waals surface area contributed by atoms with Gasteiger partial charge in [-0.3, -0.25) is 0 Å². The van der Waals surface area contributed by atoms with Gasteiger partial charge in [0.2, 0.25) is 0 Å². The molecule has 0 aromatic rings. The lowest BCUT2D eigenvalue weighted by Gasteiger charge is -2.36. The van der Waals surface area contributed by atoms with Crippen LogP contribution in [0.5, 0.6) is 0 Å². The first-order chi connectivity index (χ1) is 5.66. The van der Waals surface area contributed by atoms with Gasteiger partial charge in [-0.05, 0) is 13.8 Å². The SMILES string of the molecule is CC(C)N1C(=O)OCCC1CN. The minimum Gasteiger partial charge on any atom is -0.449 e. The smallest absolute Gasteiger partial charge is 0.410 e. The zero-order valence-electron chi connectivity index (χ0n) is 7.62. The lowest BCUT2D eigenvalue weighted by atomic mass is 10.1. The summed E-state index contributed by atoms with van der Waals surface area (Å²) < 4.78 is 4.92. The maximum Gasteiger partial charge on any atom is 0.410 e. The number of rotatable bonds is 2. The topological polar surface area (TPSA) is 55.6 Å². The molecule has 4 heteroatoms. The number of hydrogen-bond donors (Lipinski definition) is 1. The van der Waals surface area contributed by atoms with E-state index in [9.17, 15) is 4.79 Å². The molecule has 1 rings (SSSR count). The van der Waals surface area contributed by atoms with E-state index in [1.54, 1.807) is 4.90 Å². The van der Waals surface area contributed by atoms with Crippen LogP contribution in [0.3, 0.4) is 0 Å². The number of carbonyl (C=O) groups is 1. The molecular formula is C8H16N2O2. The molecule has 1 atom stereocenters. The molecule has 1 heterocycles. The van der Waals surface area contributed by atoms with Crippen LogP contribution in [0.25, 0.3) is 0 Å². The van der Waals surface area contributed by atoms with Gasteiger partial charge in [0.25, 0.3) is 0 Å². The number of carbonyl (C=O) groups excluding carboxylic acids is 1. The molecule has 70 valence electrons. The summed E-state index contributed by atoms with van der Waals surface area (Å²) in [6.07, 6.45) is 0.618. The first kappa shape index (κ1) is 9.32. The fourth-order valence-electron chi connectivity index (χ4n) is 1.51. The van der Waals surface area contributed by atoms with E-state index in [1.165, 1.54) is 0 Å². The van der Waals surface area contributed by atoms with Crippen LogP contribution >= 0.6 is 0 Å². The fourth-order valence-corrected chi connectivity index (χ4v) is 1.51. The van der Waals surface area contributed by atoms with Gasteiger partial charge in [0.05, 0.1) is 12.6 Å². The minimum atomic E-state index is -0.230.